The van der Waals surface area contributed by atoms with Crippen LogP contribution in [-0.4, -0.2) is 24.1 Å². The van der Waals surface area contributed by atoms with E-state index in [0.29, 0.717) is 13.2 Å². The van der Waals surface area contributed by atoms with E-state index in [4.69, 9.17) is 9.94 Å². The fraction of sp³-hybridized carbons (Fsp3) is 0.571. The topological polar surface area (TPSA) is 41.8 Å². The van der Waals surface area contributed by atoms with Crippen LogP contribution in [0.25, 0.3) is 0 Å². The van der Waals surface area contributed by atoms with E-state index in [2.05, 4.69) is 11.7 Å². The molecule has 3 heteroatoms. The Labute approximate surface area is 60.0 Å². The molecule has 0 unspecified atom stereocenters. The SMILES string of the molecule is C=CC[C@@H]1COC/C1=N/O. The Bertz CT molecular complexity index is 154. The van der Waals surface area contributed by atoms with E-state index in [1.807, 2.05) is 6.08 Å². The molecule has 10 heavy (non-hydrogen) atoms. The molecule has 1 heterocycles. The predicted octanol–water partition coefficient (Wildman–Crippen LogP) is 1.04. The van der Waals surface area contributed by atoms with Crippen molar-refractivity contribution in [3.05, 3.63) is 12.7 Å². The Morgan fingerprint density at radius 3 is 3.30 bits per heavy atom. The largest absolute Gasteiger partial charge is 0.411 e. The van der Waals surface area contributed by atoms with Gasteiger partial charge >= 0.3 is 0 Å². The highest BCUT2D eigenvalue weighted by atomic mass is 16.5. The summed E-state index contributed by atoms with van der Waals surface area (Å²) in [6, 6.07) is 0. The highest BCUT2D eigenvalue weighted by Crippen LogP contribution is 2.13. The van der Waals surface area contributed by atoms with E-state index in [-0.39, 0.29) is 5.92 Å². The van der Waals surface area contributed by atoms with Gasteiger partial charge in [0.1, 0.15) is 0 Å². The zero-order valence-electron chi connectivity index (χ0n) is 5.79. The summed E-state index contributed by atoms with van der Waals surface area (Å²) in [5.74, 6) is 0.252. The number of allylic oxidation sites excluding steroid dienone is 1. The molecule has 0 aromatic rings. The van der Waals surface area contributed by atoms with E-state index in [9.17, 15) is 0 Å². The van der Waals surface area contributed by atoms with Crippen molar-refractivity contribution in [2.45, 2.75) is 6.42 Å². The first-order valence-electron chi connectivity index (χ1n) is 3.28. The quantitative estimate of drug-likeness (QED) is 0.354. The van der Waals surface area contributed by atoms with Gasteiger partial charge in [-0.2, -0.15) is 0 Å². The second kappa shape index (κ2) is 3.37. The molecule has 1 fully saturated rings. The molecule has 0 aliphatic carbocycles. The van der Waals surface area contributed by atoms with E-state index in [1.54, 1.807) is 0 Å². The van der Waals surface area contributed by atoms with Crippen LogP contribution >= 0.6 is 0 Å². The Hall–Kier alpha value is -0.830. The Kier molecular flexibility index (Phi) is 2.45. The minimum absolute atomic E-state index is 0.252. The first-order chi connectivity index (χ1) is 4.88. The molecule has 1 aliphatic rings. The molecule has 0 bridgehead atoms. The third kappa shape index (κ3) is 1.36. The standard InChI is InChI=1S/C7H11NO2/c1-2-3-6-4-10-5-7(6)8-9/h2,6,9H,1,3-5H2/b8-7-/t6-/m1/s1. The van der Waals surface area contributed by atoms with E-state index in [1.165, 1.54) is 0 Å². The van der Waals surface area contributed by atoms with Crippen LogP contribution in [0.4, 0.5) is 0 Å². The van der Waals surface area contributed by atoms with Crippen molar-refractivity contribution in [3.63, 3.8) is 0 Å². The number of hydrogen-bond acceptors (Lipinski definition) is 3. The van der Waals surface area contributed by atoms with E-state index >= 15 is 0 Å². The summed E-state index contributed by atoms with van der Waals surface area (Å²) in [6.07, 6.45) is 2.64. The molecule has 1 atom stereocenters. The lowest BCUT2D eigenvalue weighted by molar-refractivity contribution is 0.190. The van der Waals surface area contributed by atoms with Crippen molar-refractivity contribution < 1.29 is 9.94 Å². The lowest BCUT2D eigenvalue weighted by Crippen LogP contribution is -2.10. The molecule has 0 spiro atoms. The zero-order chi connectivity index (χ0) is 7.40. The smallest absolute Gasteiger partial charge is 0.0886 e. The number of nitrogens with zero attached hydrogens (tertiary/aromatic N) is 1. The Balaban J connectivity index is 2.50. The fourth-order valence-electron chi connectivity index (χ4n) is 1.04. The summed E-state index contributed by atoms with van der Waals surface area (Å²) >= 11 is 0. The average molecular weight is 141 g/mol. The first-order valence-corrected chi connectivity index (χ1v) is 3.28. The van der Waals surface area contributed by atoms with Crippen molar-refractivity contribution in [3.8, 4) is 0 Å². The maximum absolute atomic E-state index is 8.44. The van der Waals surface area contributed by atoms with Crippen molar-refractivity contribution >= 4 is 5.71 Å². The van der Waals surface area contributed by atoms with Crippen LogP contribution in [0.5, 0.6) is 0 Å². The molecule has 56 valence electrons. The molecule has 0 aromatic heterocycles. The Morgan fingerprint density at radius 1 is 1.90 bits per heavy atom. The van der Waals surface area contributed by atoms with Gasteiger partial charge in [0.2, 0.25) is 0 Å². The number of ether oxygens (including phenoxy) is 1. The second-order valence-corrected chi connectivity index (χ2v) is 2.33. The molecule has 1 saturated heterocycles. The fourth-order valence-corrected chi connectivity index (χ4v) is 1.04. The summed E-state index contributed by atoms with van der Waals surface area (Å²) in [6.45, 7) is 4.73. The predicted molar refractivity (Wildman–Crippen MR) is 38.3 cm³/mol. The number of rotatable bonds is 2. The monoisotopic (exact) mass is 141 g/mol. The molecule has 1 N–H and O–H groups in total. The number of oxime groups is 1. The van der Waals surface area contributed by atoms with Gasteiger partial charge < -0.3 is 9.94 Å². The lowest BCUT2D eigenvalue weighted by atomic mass is 10.0. The van der Waals surface area contributed by atoms with Gasteiger partial charge in [0, 0.05) is 5.92 Å². The van der Waals surface area contributed by atoms with Crippen molar-refractivity contribution in [1.82, 2.24) is 0 Å². The third-order valence-corrected chi connectivity index (χ3v) is 1.62. The molecule has 1 rings (SSSR count). The highest BCUT2D eigenvalue weighted by Gasteiger charge is 2.22. The molecule has 0 saturated carbocycles. The van der Waals surface area contributed by atoms with Crippen LogP contribution in [0.1, 0.15) is 6.42 Å². The molecular weight excluding hydrogens is 130 g/mol. The van der Waals surface area contributed by atoms with Gasteiger partial charge in [-0.15, -0.1) is 6.58 Å². The highest BCUT2D eigenvalue weighted by molar-refractivity contribution is 5.89. The van der Waals surface area contributed by atoms with Gasteiger partial charge in [-0.1, -0.05) is 11.2 Å². The van der Waals surface area contributed by atoms with Gasteiger partial charge in [-0.05, 0) is 6.42 Å². The lowest BCUT2D eigenvalue weighted by Gasteiger charge is -2.01. The molecular formula is C7H11NO2. The summed E-state index contributed by atoms with van der Waals surface area (Å²) in [5.41, 5.74) is 0.736. The first kappa shape index (κ1) is 7.28. The average Bonchev–Trinajstić information content (AvgIpc) is 2.36. The van der Waals surface area contributed by atoms with Crippen LogP contribution < -0.4 is 0 Å². The van der Waals surface area contributed by atoms with E-state index in [0.717, 1.165) is 12.1 Å². The van der Waals surface area contributed by atoms with Gasteiger partial charge in [0.25, 0.3) is 0 Å². The summed E-state index contributed by atoms with van der Waals surface area (Å²) in [7, 11) is 0. The van der Waals surface area contributed by atoms with E-state index < -0.39 is 0 Å². The summed E-state index contributed by atoms with van der Waals surface area (Å²) < 4.78 is 5.07. The molecule has 0 aromatic carbocycles. The second-order valence-electron chi connectivity index (χ2n) is 2.33. The zero-order valence-corrected chi connectivity index (χ0v) is 5.79. The van der Waals surface area contributed by atoms with Gasteiger partial charge in [0.15, 0.2) is 0 Å². The van der Waals surface area contributed by atoms with Gasteiger partial charge in [0.05, 0.1) is 18.9 Å². The van der Waals surface area contributed by atoms with Crippen LogP contribution in [0.3, 0.4) is 0 Å². The molecule has 0 amide bonds. The summed E-state index contributed by atoms with van der Waals surface area (Å²) in [5, 5.41) is 11.6. The third-order valence-electron chi connectivity index (χ3n) is 1.62. The Morgan fingerprint density at radius 2 is 2.70 bits per heavy atom. The molecule has 1 aliphatic heterocycles. The summed E-state index contributed by atoms with van der Waals surface area (Å²) in [4.78, 5) is 0. The maximum atomic E-state index is 8.44. The van der Waals surface area contributed by atoms with Crippen molar-refractivity contribution in [2.24, 2.45) is 11.1 Å². The van der Waals surface area contributed by atoms with Crippen LogP contribution in [-0.2, 0) is 4.74 Å². The van der Waals surface area contributed by atoms with Crippen LogP contribution in [0.2, 0.25) is 0 Å². The minimum atomic E-state index is 0.252. The van der Waals surface area contributed by atoms with Crippen molar-refractivity contribution in [2.75, 3.05) is 13.2 Å². The normalized spacial score (nSPS) is 29.2. The number of hydrogen-bond donors (Lipinski definition) is 1. The van der Waals surface area contributed by atoms with Crippen LogP contribution in [0, 0.1) is 5.92 Å². The molecule has 0 radical (unpaired) electrons. The minimum Gasteiger partial charge on any atom is -0.411 e. The van der Waals surface area contributed by atoms with Gasteiger partial charge in [-0.25, -0.2) is 0 Å². The molecule has 3 nitrogen and oxygen atoms in total. The van der Waals surface area contributed by atoms with Gasteiger partial charge in [-0.3, -0.25) is 0 Å². The van der Waals surface area contributed by atoms with Crippen molar-refractivity contribution in [1.29, 1.82) is 0 Å². The van der Waals surface area contributed by atoms with Crippen LogP contribution in [0.15, 0.2) is 17.8 Å². The maximum Gasteiger partial charge on any atom is 0.0886 e.